The zero-order valence-electron chi connectivity index (χ0n) is 12.4. The Hall–Kier alpha value is -0.120. The zero-order valence-corrected chi connectivity index (χ0v) is 12.4. The summed E-state index contributed by atoms with van der Waals surface area (Å²) >= 11 is 0. The maximum absolute atomic E-state index is 5.62. The van der Waals surface area contributed by atoms with Gasteiger partial charge in [-0.15, -0.1) is 0 Å². The molecule has 0 radical (unpaired) electrons. The largest absolute Gasteiger partial charge is 0.378 e. The molecule has 0 spiro atoms. The first kappa shape index (κ1) is 14.3. The first-order chi connectivity index (χ1) is 8.63. The van der Waals surface area contributed by atoms with Crippen molar-refractivity contribution in [3.63, 3.8) is 0 Å². The van der Waals surface area contributed by atoms with E-state index in [0.717, 1.165) is 25.7 Å². The Kier molecular flexibility index (Phi) is 5.05. The number of morpholine rings is 1. The van der Waals surface area contributed by atoms with E-state index < -0.39 is 0 Å². The second kappa shape index (κ2) is 6.36. The highest BCUT2D eigenvalue weighted by Gasteiger charge is 2.34. The number of hydrogen-bond donors (Lipinski definition) is 1. The molecule has 1 aliphatic heterocycles. The summed E-state index contributed by atoms with van der Waals surface area (Å²) < 4.78 is 5.62. The summed E-state index contributed by atoms with van der Waals surface area (Å²) in [6.07, 6.45) is 6.97. The molecule has 0 aromatic rings. The normalized spacial score (nSPS) is 34.2. The molecule has 0 aromatic heterocycles. The molecule has 3 nitrogen and oxygen atoms in total. The van der Waals surface area contributed by atoms with Crippen molar-refractivity contribution in [1.29, 1.82) is 0 Å². The molecule has 1 heterocycles. The maximum atomic E-state index is 5.62. The Balaban J connectivity index is 1.96. The molecule has 2 unspecified atom stereocenters. The van der Waals surface area contributed by atoms with Crippen LogP contribution in [0, 0.1) is 5.92 Å². The predicted octanol–water partition coefficient (Wildman–Crippen LogP) is 2.27. The molecule has 1 saturated carbocycles. The minimum atomic E-state index is 0.211. The van der Waals surface area contributed by atoms with E-state index in [1.165, 1.54) is 38.6 Å². The average molecular weight is 254 g/mol. The van der Waals surface area contributed by atoms with Crippen LogP contribution in [0.4, 0.5) is 0 Å². The number of ether oxygens (including phenoxy) is 1. The minimum absolute atomic E-state index is 0.211. The summed E-state index contributed by atoms with van der Waals surface area (Å²) in [5.41, 5.74) is 0.211. The van der Waals surface area contributed by atoms with Gasteiger partial charge >= 0.3 is 0 Å². The molecule has 1 N–H and O–H groups in total. The highest BCUT2D eigenvalue weighted by atomic mass is 16.5. The van der Waals surface area contributed by atoms with Crippen LogP contribution in [-0.4, -0.2) is 49.8 Å². The van der Waals surface area contributed by atoms with E-state index in [-0.39, 0.29) is 5.54 Å². The summed E-state index contributed by atoms with van der Waals surface area (Å²) in [7, 11) is 2.13. The minimum Gasteiger partial charge on any atom is -0.378 e. The molecular weight excluding hydrogens is 224 g/mol. The van der Waals surface area contributed by atoms with Crippen molar-refractivity contribution >= 4 is 0 Å². The summed E-state index contributed by atoms with van der Waals surface area (Å²) in [5.74, 6) is 0.815. The van der Waals surface area contributed by atoms with Gasteiger partial charge in [0.15, 0.2) is 0 Å². The van der Waals surface area contributed by atoms with Crippen LogP contribution in [0.2, 0.25) is 0 Å². The Labute approximate surface area is 112 Å². The average Bonchev–Trinajstić information content (AvgIpc) is 2.56. The lowest BCUT2D eigenvalue weighted by Gasteiger charge is -2.44. The van der Waals surface area contributed by atoms with E-state index in [2.05, 4.69) is 31.1 Å². The van der Waals surface area contributed by atoms with E-state index in [9.17, 15) is 0 Å². The van der Waals surface area contributed by atoms with Crippen molar-refractivity contribution < 1.29 is 4.74 Å². The van der Waals surface area contributed by atoms with Crippen LogP contribution in [0.3, 0.4) is 0 Å². The molecule has 0 aromatic carbocycles. The first-order valence-electron chi connectivity index (χ1n) is 7.63. The van der Waals surface area contributed by atoms with Crippen molar-refractivity contribution in [1.82, 2.24) is 10.2 Å². The van der Waals surface area contributed by atoms with Crippen LogP contribution in [-0.2, 0) is 4.74 Å². The summed E-state index contributed by atoms with van der Waals surface area (Å²) in [5, 5.41) is 3.55. The second-order valence-electron chi connectivity index (χ2n) is 6.60. The quantitative estimate of drug-likeness (QED) is 0.782. The Morgan fingerprint density at radius 2 is 2.00 bits per heavy atom. The van der Waals surface area contributed by atoms with Gasteiger partial charge in [-0.1, -0.05) is 19.3 Å². The third-order valence-electron chi connectivity index (χ3n) is 4.80. The lowest BCUT2D eigenvalue weighted by atomic mass is 9.91. The number of nitrogens with zero attached hydrogens (tertiary/aromatic N) is 1. The van der Waals surface area contributed by atoms with Crippen LogP contribution in [0.1, 0.15) is 46.0 Å². The molecule has 3 heteroatoms. The molecule has 106 valence electrons. The lowest BCUT2D eigenvalue weighted by molar-refractivity contribution is -0.0594. The second-order valence-corrected chi connectivity index (χ2v) is 6.60. The van der Waals surface area contributed by atoms with E-state index in [1.807, 2.05) is 0 Å². The zero-order chi connectivity index (χ0) is 13.0. The highest BCUT2D eigenvalue weighted by molar-refractivity contribution is 4.89. The summed E-state index contributed by atoms with van der Waals surface area (Å²) in [4.78, 5) is 2.65. The van der Waals surface area contributed by atoms with E-state index in [0.29, 0.717) is 6.04 Å². The maximum Gasteiger partial charge on any atom is 0.0645 e. The van der Waals surface area contributed by atoms with Gasteiger partial charge in [-0.2, -0.15) is 0 Å². The third-order valence-corrected chi connectivity index (χ3v) is 4.80. The fourth-order valence-electron chi connectivity index (χ4n) is 3.50. The van der Waals surface area contributed by atoms with E-state index >= 15 is 0 Å². The standard InChI is InChI=1S/C15H30N2O/c1-15(2)12-18-10-9-17(15)11-13-7-5-4-6-8-14(13)16-3/h13-14,16H,4-12H2,1-3H3. The van der Waals surface area contributed by atoms with Gasteiger partial charge in [0.1, 0.15) is 0 Å². The van der Waals surface area contributed by atoms with Crippen molar-refractivity contribution in [3.05, 3.63) is 0 Å². The van der Waals surface area contributed by atoms with E-state index in [1.54, 1.807) is 0 Å². The van der Waals surface area contributed by atoms with Gasteiger partial charge in [-0.05, 0) is 39.7 Å². The fraction of sp³-hybridized carbons (Fsp3) is 1.00. The van der Waals surface area contributed by atoms with Gasteiger partial charge in [0.05, 0.1) is 13.2 Å². The third kappa shape index (κ3) is 3.46. The molecule has 2 aliphatic rings. The molecular formula is C15H30N2O. The van der Waals surface area contributed by atoms with Gasteiger partial charge in [0.2, 0.25) is 0 Å². The summed E-state index contributed by atoms with van der Waals surface area (Å²) in [6, 6.07) is 0.714. The topological polar surface area (TPSA) is 24.5 Å². The van der Waals surface area contributed by atoms with Crippen LogP contribution in [0.15, 0.2) is 0 Å². The van der Waals surface area contributed by atoms with Crippen molar-refractivity contribution in [3.8, 4) is 0 Å². The van der Waals surface area contributed by atoms with Crippen LogP contribution >= 0.6 is 0 Å². The van der Waals surface area contributed by atoms with Crippen molar-refractivity contribution in [2.24, 2.45) is 5.92 Å². The Bertz CT molecular complexity index is 255. The van der Waals surface area contributed by atoms with Gasteiger partial charge < -0.3 is 10.1 Å². The highest BCUT2D eigenvalue weighted by Crippen LogP contribution is 2.27. The van der Waals surface area contributed by atoms with Crippen molar-refractivity contribution in [2.45, 2.75) is 57.5 Å². The molecule has 0 amide bonds. The molecule has 1 aliphatic carbocycles. The molecule has 0 bridgehead atoms. The van der Waals surface area contributed by atoms with Crippen LogP contribution < -0.4 is 5.32 Å². The van der Waals surface area contributed by atoms with Gasteiger partial charge in [0, 0.05) is 24.7 Å². The summed E-state index contributed by atoms with van der Waals surface area (Å²) in [6.45, 7) is 8.75. The lowest BCUT2D eigenvalue weighted by Crippen LogP contribution is -2.55. The molecule has 1 saturated heterocycles. The molecule has 2 fully saturated rings. The van der Waals surface area contributed by atoms with Gasteiger partial charge in [-0.3, -0.25) is 4.90 Å². The SMILES string of the molecule is CNC1CCCCCC1CN1CCOCC1(C)C. The van der Waals surface area contributed by atoms with Crippen LogP contribution in [0.25, 0.3) is 0 Å². The molecule has 2 atom stereocenters. The first-order valence-corrected chi connectivity index (χ1v) is 7.63. The predicted molar refractivity (Wildman–Crippen MR) is 75.9 cm³/mol. The van der Waals surface area contributed by atoms with E-state index in [4.69, 9.17) is 4.74 Å². The number of hydrogen-bond acceptors (Lipinski definition) is 3. The monoisotopic (exact) mass is 254 g/mol. The van der Waals surface area contributed by atoms with Crippen LogP contribution in [0.5, 0.6) is 0 Å². The fourth-order valence-corrected chi connectivity index (χ4v) is 3.50. The molecule has 18 heavy (non-hydrogen) atoms. The smallest absolute Gasteiger partial charge is 0.0645 e. The Morgan fingerprint density at radius 3 is 2.72 bits per heavy atom. The van der Waals surface area contributed by atoms with Crippen molar-refractivity contribution in [2.75, 3.05) is 33.4 Å². The number of nitrogens with one attached hydrogen (secondary N) is 1. The van der Waals surface area contributed by atoms with Gasteiger partial charge in [-0.25, -0.2) is 0 Å². The van der Waals surface area contributed by atoms with Gasteiger partial charge in [0.25, 0.3) is 0 Å². The number of rotatable bonds is 3. The molecule has 2 rings (SSSR count). The Morgan fingerprint density at radius 1 is 1.22 bits per heavy atom.